The third-order valence-corrected chi connectivity index (χ3v) is 6.45. The van der Waals surface area contributed by atoms with Gasteiger partial charge >= 0.3 is 5.97 Å². The van der Waals surface area contributed by atoms with Crippen LogP contribution in [0.5, 0.6) is 5.88 Å². The van der Waals surface area contributed by atoms with E-state index in [0.717, 1.165) is 48.4 Å². The summed E-state index contributed by atoms with van der Waals surface area (Å²) in [6, 6.07) is 10.1. The third-order valence-electron chi connectivity index (χ3n) is 6.45. The Morgan fingerprint density at radius 2 is 2.05 bits per heavy atom. The van der Waals surface area contributed by atoms with Crippen LogP contribution in [-0.2, 0) is 24.3 Å². The summed E-state index contributed by atoms with van der Waals surface area (Å²) < 4.78 is 13.5. The average Bonchev–Trinajstić information content (AvgIpc) is 3.32. The Morgan fingerprint density at radius 1 is 1.24 bits per heavy atom. The molecule has 1 aliphatic rings. The molecule has 0 aliphatic carbocycles. The molecule has 8 heteroatoms. The zero-order chi connectivity index (χ0) is 27.2. The van der Waals surface area contributed by atoms with Gasteiger partial charge < -0.3 is 19.9 Å². The summed E-state index contributed by atoms with van der Waals surface area (Å²) in [7, 11) is 0. The van der Waals surface area contributed by atoms with Crippen LogP contribution >= 0.6 is 0 Å². The molecular weight excluding hydrogens is 480 g/mol. The topological polar surface area (TPSA) is 98.5 Å². The number of hydrogen-bond donors (Lipinski definition) is 2. The molecule has 0 fully saturated rings. The van der Waals surface area contributed by atoms with E-state index in [4.69, 9.17) is 14.5 Å². The van der Waals surface area contributed by atoms with Gasteiger partial charge in [0.05, 0.1) is 18.5 Å². The van der Waals surface area contributed by atoms with Crippen molar-refractivity contribution in [3.63, 3.8) is 0 Å². The van der Waals surface area contributed by atoms with E-state index in [9.17, 15) is 9.90 Å². The van der Waals surface area contributed by atoms with Gasteiger partial charge in [-0.15, -0.1) is 0 Å². The van der Waals surface area contributed by atoms with Crippen LogP contribution in [0, 0.1) is 6.92 Å². The van der Waals surface area contributed by atoms with Crippen LogP contribution in [0.25, 0.3) is 11.4 Å². The first-order chi connectivity index (χ1) is 18.3. The van der Waals surface area contributed by atoms with Gasteiger partial charge in [-0.3, -0.25) is 0 Å². The summed E-state index contributed by atoms with van der Waals surface area (Å²) in [6.07, 6.45) is 5.21. The predicted molar refractivity (Wildman–Crippen MR) is 148 cm³/mol. The molecule has 0 bridgehead atoms. The van der Waals surface area contributed by atoms with E-state index in [1.807, 2.05) is 26.0 Å². The standard InChI is InChI=1S/C30H36N4O4/c1-6-9-23(26-10-8-11-27(33-26)34-29(37-7-2)25(17-32-34)30(35)36)28(19(3)4)38-18-21-14-20(5)24-16-31-13-12-22(24)15-21/h8-11,14-15,17,31H,6-7,12-13,16,18H2,1-5H3,(H,35,36)/b23-9-. The second-order valence-corrected chi connectivity index (χ2v) is 9.52. The van der Waals surface area contributed by atoms with Crippen molar-refractivity contribution in [2.24, 2.45) is 0 Å². The van der Waals surface area contributed by atoms with Crippen molar-refractivity contribution in [1.82, 2.24) is 20.1 Å². The number of pyridine rings is 1. The fourth-order valence-electron chi connectivity index (χ4n) is 4.75. The van der Waals surface area contributed by atoms with E-state index in [-0.39, 0.29) is 11.4 Å². The Bertz CT molecular complexity index is 1380. The van der Waals surface area contributed by atoms with Crippen LogP contribution in [0.15, 0.2) is 53.9 Å². The highest BCUT2D eigenvalue weighted by Gasteiger charge is 2.21. The van der Waals surface area contributed by atoms with Gasteiger partial charge in [-0.25, -0.2) is 9.78 Å². The molecule has 0 unspecified atom stereocenters. The average molecular weight is 517 g/mol. The fraction of sp³-hybridized carbons (Fsp3) is 0.367. The number of aromatic nitrogens is 3. The molecule has 8 nitrogen and oxygen atoms in total. The number of hydrogen-bond acceptors (Lipinski definition) is 6. The molecule has 1 aliphatic heterocycles. The van der Waals surface area contributed by atoms with E-state index >= 15 is 0 Å². The Kier molecular flexibility index (Phi) is 8.63. The predicted octanol–water partition coefficient (Wildman–Crippen LogP) is 5.62. The second kappa shape index (κ2) is 12.1. The van der Waals surface area contributed by atoms with Crippen molar-refractivity contribution >= 4 is 11.5 Å². The molecule has 200 valence electrons. The SMILES string of the molecule is CC/C=C(\C(OCc1cc(C)c2c(c1)CCNC2)=C(C)C)c1cccc(-n2ncc(C(=O)O)c2OCC)n1. The number of nitrogens with zero attached hydrogens (tertiary/aromatic N) is 3. The zero-order valence-corrected chi connectivity index (χ0v) is 22.8. The largest absolute Gasteiger partial charge is 0.488 e. The minimum atomic E-state index is -1.10. The Morgan fingerprint density at radius 3 is 2.76 bits per heavy atom. The molecule has 0 spiro atoms. The molecular formula is C30H36N4O4. The lowest BCUT2D eigenvalue weighted by molar-refractivity contribution is 0.0692. The summed E-state index contributed by atoms with van der Waals surface area (Å²) in [4.78, 5) is 16.5. The molecule has 4 rings (SSSR count). The maximum Gasteiger partial charge on any atom is 0.342 e. The van der Waals surface area contributed by atoms with E-state index in [1.165, 1.54) is 27.6 Å². The molecule has 2 N–H and O–H groups in total. The highest BCUT2D eigenvalue weighted by molar-refractivity contribution is 5.90. The van der Waals surface area contributed by atoms with Crippen molar-refractivity contribution < 1.29 is 19.4 Å². The van der Waals surface area contributed by atoms with Crippen molar-refractivity contribution in [2.45, 2.75) is 60.6 Å². The van der Waals surface area contributed by atoms with Crippen LogP contribution in [0.3, 0.4) is 0 Å². The van der Waals surface area contributed by atoms with Gasteiger partial charge in [0.2, 0.25) is 5.88 Å². The number of rotatable bonds is 10. The number of allylic oxidation sites excluding steroid dienone is 3. The lowest BCUT2D eigenvalue weighted by Gasteiger charge is -2.21. The number of carbonyl (C=O) groups is 1. The lowest BCUT2D eigenvalue weighted by atomic mass is 9.94. The van der Waals surface area contributed by atoms with Crippen molar-refractivity contribution in [3.8, 4) is 11.7 Å². The van der Waals surface area contributed by atoms with Gasteiger partial charge in [0, 0.05) is 12.1 Å². The number of carboxylic acid groups (broad SMARTS) is 1. The van der Waals surface area contributed by atoms with Crippen molar-refractivity contribution in [1.29, 1.82) is 0 Å². The third kappa shape index (κ3) is 5.81. The first-order valence-electron chi connectivity index (χ1n) is 13.1. The Balaban J connectivity index is 1.66. The number of fused-ring (bicyclic) bond motifs is 1. The minimum Gasteiger partial charge on any atom is -0.488 e. The summed E-state index contributed by atoms with van der Waals surface area (Å²) in [5, 5.41) is 17.3. The van der Waals surface area contributed by atoms with E-state index in [2.05, 4.69) is 42.5 Å². The van der Waals surface area contributed by atoms with Gasteiger partial charge in [0.1, 0.15) is 17.9 Å². The minimum absolute atomic E-state index is 0.00665. The Hall–Kier alpha value is -3.91. The summed E-state index contributed by atoms with van der Waals surface area (Å²) in [5.41, 5.74) is 7.86. The maximum absolute atomic E-state index is 11.7. The molecule has 3 aromatic rings. The number of nitrogens with one attached hydrogen (secondary N) is 1. The van der Waals surface area contributed by atoms with Crippen LogP contribution < -0.4 is 10.1 Å². The van der Waals surface area contributed by atoms with Gasteiger partial charge in [-0.05, 0) is 87.0 Å². The molecule has 0 saturated heterocycles. The maximum atomic E-state index is 11.7. The lowest BCUT2D eigenvalue weighted by Crippen LogP contribution is -2.24. The smallest absolute Gasteiger partial charge is 0.342 e. The molecule has 0 saturated carbocycles. The zero-order valence-electron chi connectivity index (χ0n) is 22.8. The first-order valence-corrected chi connectivity index (χ1v) is 13.1. The molecule has 0 amide bonds. The van der Waals surface area contributed by atoms with E-state index in [1.54, 1.807) is 13.0 Å². The van der Waals surface area contributed by atoms with Gasteiger partial charge in [-0.2, -0.15) is 9.78 Å². The van der Waals surface area contributed by atoms with Gasteiger partial charge in [-0.1, -0.05) is 31.2 Å². The normalized spacial score (nSPS) is 13.1. The summed E-state index contributed by atoms with van der Waals surface area (Å²) in [6.45, 7) is 12.8. The number of ether oxygens (including phenoxy) is 2. The summed E-state index contributed by atoms with van der Waals surface area (Å²) in [5.74, 6) is 0.302. The highest BCUT2D eigenvalue weighted by atomic mass is 16.5. The molecule has 1 aromatic carbocycles. The number of aromatic carboxylic acids is 1. The molecule has 3 heterocycles. The number of benzene rings is 1. The second-order valence-electron chi connectivity index (χ2n) is 9.52. The molecule has 38 heavy (non-hydrogen) atoms. The molecule has 0 atom stereocenters. The fourth-order valence-corrected chi connectivity index (χ4v) is 4.75. The summed E-state index contributed by atoms with van der Waals surface area (Å²) >= 11 is 0. The first kappa shape index (κ1) is 27.1. The van der Waals surface area contributed by atoms with E-state index in [0.29, 0.717) is 24.7 Å². The van der Waals surface area contributed by atoms with E-state index < -0.39 is 5.97 Å². The van der Waals surface area contributed by atoms with Crippen LogP contribution in [-0.4, -0.2) is 39.0 Å². The molecule has 0 radical (unpaired) electrons. The highest BCUT2D eigenvalue weighted by Crippen LogP contribution is 2.30. The van der Waals surface area contributed by atoms with Crippen molar-refractivity contribution in [3.05, 3.63) is 87.4 Å². The monoisotopic (exact) mass is 516 g/mol. The quantitative estimate of drug-likeness (QED) is 0.266. The van der Waals surface area contributed by atoms with Crippen LogP contribution in [0.4, 0.5) is 0 Å². The number of aryl methyl sites for hydroxylation is 1. The van der Waals surface area contributed by atoms with Gasteiger partial charge in [0.15, 0.2) is 5.82 Å². The van der Waals surface area contributed by atoms with Crippen LogP contribution in [0.2, 0.25) is 0 Å². The number of carboxylic acids is 1. The van der Waals surface area contributed by atoms with Crippen molar-refractivity contribution in [2.75, 3.05) is 13.2 Å². The Labute approximate surface area is 224 Å². The molecule has 2 aromatic heterocycles. The van der Waals surface area contributed by atoms with Gasteiger partial charge in [0.25, 0.3) is 0 Å². The van der Waals surface area contributed by atoms with Crippen LogP contribution in [0.1, 0.15) is 72.4 Å².